The van der Waals surface area contributed by atoms with E-state index in [1.165, 1.54) is 61.5 Å². The molecular formula is C33H24O13. The molecule has 46 heavy (non-hydrogen) atoms. The van der Waals surface area contributed by atoms with Crippen LogP contribution >= 0.6 is 0 Å². The number of rotatable bonds is 5. The van der Waals surface area contributed by atoms with Crippen molar-refractivity contribution in [2.24, 2.45) is 0 Å². The van der Waals surface area contributed by atoms with Crippen LogP contribution in [0.25, 0.3) is 44.0 Å². The van der Waals surface area contributed by atoms with Gasteiger partial charge in [-0.25, -0.2) is 14.4 Å². The predicted octanol–water partition coefficient (Wildman–Crippen LogP) is 3.38. The van der Waals surface area contributed by atoms with Crippen LogP contribution in [0.1, 0.15) is 6.92 Å². The lowest BCUT2D eigenvalue weighted by atomic mass is 9.97. The minimum atomic E-state index is -1.69. The van der Waals surface area contributed by atoms with Crippen molar-refractivity contribution in [3.63, 3.8) is 0 Å². The van der Waals surface area contributed by atoms with Gasteiger partial charge in [0, 0.05) is 34.4 Å². The van der Waals surface area contributed by atoms with E-state index in [1.54, 1.807) is 18.2 Å². The fourth-order valence-electron chi connectivity index (χ4n) is 5.38. The lowest BCUT2D eigenvalue weighted by molar-refractivity contribution is -0.268. The number of hydrogen-bond acceptors (Lipinski definition) is 13. The molecule has 7 rings (SSSR count). The van der Waals surface area contributed by atoms with Gasteiger partial charge in [-0.05, 0) is 61.5 Å². The van der Waals surface area contributed by atoms with Crippen molar-refractivity contribution < 1.29 is 47.9 Å². The van der Waals surface area contributed by atoms with Gasteiger partial charge in [0.15, 0.2) is 5.58 Å². The summed E-state index contributed by atoms with van der Waals surface area (Å²) in [5.41, 5.74) is -2.27. The van der Waals surface area contributed by atoms with Crippen molar-refractivity contribution in [1.82, 2.24) is 0 Å². The summed E-state index contributed by atoms with van der Waals surface area (Å²) < 4.78 is 33.8. The first-order valence-electron chi connectivity index (χ1n) is 14.0. The highest BCUT2D eigenvalue weighted by molar-refractivity contribution is 6.05. The zero-order valence-corrected chi connectivity index (χ0v) is 23.8. The average Bonchev–Trinajstić information content (AvgIpc) is 3.03. The van der Waals surface area contributed by atoms with Crippen LogP contribution in [-0.4, -0.2) is 51.1 Å². The second-order valence-corrected chi connectivity index (χ2v) is 10.7. The number of aliphatic hydroxyl groups is 3. The number of ether oxygens (including phenoxy) is 3. The summed E-state index contributed by atoms with van der Waals surface area (Å²) in [5.74, 6) is -0.507. The second-order valence-electron chi connectivity index (χ2n) is 10.7. The van der Waals surface area contributed by atoms with Gasteiger partial charge in [0.25, 0.3) is 0 Å². The van der Waals surface area contributed by atoms with E-state index >= 15 is 0 Å². The normalized spacial score (nSPS) is 21.5. The van der Waals surface area contributed by atoms with Crippen LogP contribution in [0.3, 0.4) is 0 Å². The minimum Gasteiger partial charge on any atom is -0.507 e. The Morgan fingerprint density at radius 2 is 1.33 bits per heavy atom. The van der Waals surface area contributed by atoms with Crippen LogP contribution in [0.15, 0.2) is 100 Å². The molecule has 13 nitrogen and oxygen atoms in total. The van der Waals surface area contributed by atoms with Crippen molar-refractivity contribution >= 4 is 32.9 Å². The molecule has 5 atom stereocenters. The van der Waals surface area contributed by atoms with E-state index in [0.29, 0.717) is 10.8 Å². The maximum absolute atomic E-state index is 13.3. The molecule has 0 radical (unpaired) electrons. The van der Waals surface area contributed by atoms with E-state index in [0.717, 1.165) is 0 Å². The lowest BCUT2D eigenvalue weighted by Crippen LogP contribution is -2.58. The average molecular weight is 629 g/mol. The van der Waals surface area contributed by atoms with E-state index in [4.69, 9.17) is 27.5 Å². The van der Waals surface area contributed by atoms with E-state index in [9.17, 15) is 34.8 Å². The topological polar surface area (TPSA) is 199 Å². The van der Waals surface area contributed by atoms with Gasteiger partial charge in [-0.15, -0.1) is 0 Å². The highest BCUT2D eigenvalue weighted by Crippen LogP contribution is 2.45. The van der Waals surface area contributed by atoms with Crippen LogP contribution in [0, 0.1) is 0 Å². The Bertz CT molecular complexity index is 2320. The molecule has 1 saturated heterocycles. The summed E-state index contributed by atoms with van der Waals surface area (Å²) in [4.78, 5) is 37.3. The third-order valence-electron chi connectivity index (χ3n) is 7.72. The molecule has 1 fully saturated rings. The Kier molecular flexibility index (Phi) is 7.09. The molecule has 0 unspecified atom stereocenters. The Morgan fingerprint density at radius 3 is 2.13 bits per heavy atom. The lowest BCUT2D eigenvalue weighted by Gasteiger charge is -2.39. The van der Waals surface area contributed by atoms with E-state index < -0.39 is 47.6 Å². The molecule has 0 aliphatic carbocycles. The zero-order valence-electron chi connectivity index (χ0n) is 23.8. The van der Waals surface area contributed by atoms with E-state index in [2.05, 4.69) is 0 Å². The summed E-state index contributed by atoms with van der Waals surface area (Å²) in [6.07, 6.45) is -7.13. The summed E-state index contributed by atoms with van der Waals surface area (Å²) in [5, 5.41) is 43.6. The maximum atomic E-state index is 13.3. The number of phenolic OH excluding ortho intramolecular Hbond substituents is 1. The standard InChI is InChI=1S/C33H24O13/c1-14-27(37)28(38)29(39)33(41-14)44-20-9-4-17-12-22(42-18-7-2-15-5-10-23(35)43-21(15)13-18)32(40)46-31(17)26(20)25-19(34)8-3-16-6-11-24(36)45-30(16)25/h2-14,27-29,33-34,37-39H,1H3/t14-,27-,28-,29-,33+/m0/s1. The van der Waals surface area contributed by atoms with Gasteiger partial charge in [-0.3, -0.25) is 0 Å². The molecule has 0 amide bonds. The first kappa shape index (κ1) is 29.3. The molecule has 4 heterocycles. The van der Waals surface area contributed by atoms with Crippen LogP contribution in [-0.2, 0) is 4.74 Å². The minimum absolute atomic E-state index is 0.0462. The van der Waals surface area contributed by atoms with Crippen molar-refractivity contribution in [2.45, 2.75) is 37.6 Å². The largest absolute Gasteiger partial charge is 0.507 e. The summed E-state index contributed by atoms with van der Waals surface area (Å²) >= 11 is 0. The zero-order chi connectivity index (χ0) is 32.3. The molecular weight excluding hydrogens is 604 g/mol. The van der Waals surface area contributed by atoms with Gasteiger partial charge >= 0.3 is 16.9 Å². The van der Waals surface area contributed by atoms with Crippen molar-refractivity contribution in [2.75, 3.05) is 0 Å². The quantitative estimate of drug-likeness (QED) is 0.203. The Hall–Kier alpha value is -5.47. The van der Waals surface area contributed by atoms with Crippen LogP contribution in [0.5, 0.6) is 23.0 Å². The molecule has 0 saturated carbocycles. The number of benzene rings is 3. The SMILES string of the molecule is C[C@@H]1O[C@H](Oc2ccc3cc(Oc4ccc5ccc(=O)oc5c4)c(=O)oc3c2-c2c(O)ccc3ccc(=O)oc23)[C@@H](O)[C@@H](O)[C@H]1O. The number of aromatic hydroxyl groups is 1. The predicted molar refractivity (Wildman–Crippen MR) is 161 cm³/mol. The van der Waals surface area contributed by atoms with Gasteiger partial charge in [0.2, 0.25) is 12.0 Å². The molecule has 3 aromatic heterocycles. The fraction of sp³-hybridized carbons (Fsp3) is 0.182. The highest BCUT2D eigenvalue weighted by Gasteiger charge is 2.43. The molecule has 4 N–H and O–H groups in total. The smallest absolute Gasteiger partial charge is 0.379 e. The van der Waals surface area contributed by atoms with Gasteiger partial charge in [-0.1, -0.05) is 0 Å². The van der Waals surface area contributed by atoms with Crippen molar-refractivity contribution in [3.8, 4) is 34.1 Å². The Labute approximate surface area is 256 Å². The number of phenols is 1. The number of hydrogen-bond donors (Lipinski definition) is 4. The summed E-state index contributed by atoms with van der Waals surface area (Å²) in [6, 6.07) is 17.4. The van der Waals surface area contributed by atoms with Gasteiger partial charge < -0.3 is 47.9 Å². The van der Waals surface area contributed by atoms with Gasteiger partial charge in [-0.2, -0.15) is 0 Å². The molecule has 0 bridgehead atoms. The summed E-state index contributed by atoms with van der Waals surface area (Å²) in [7, 11) is 0. The highest BCUT2D eigenvalue weighted by atomic mass is 16.7. The first-order valence-corrected chi connectivity index (χ1v) is 14.0. The maximum Gasteiger partial charge on any atom is 0.379 e. The fourth-order valence-corrected chi connectivity index (χ4v) is 5.38. The number of aliphatic hydroxyl groups excluding tert-OH is 3. The van der Waals surface area contributed by atoms with Crippen LogP contribution in [0.4, 0.5) is 0 Å². The van der Waals surface area contributed by atoms with Crippen molar-refractivity contribution in [1.29, 1.82) is 0 Å². The first-order chi connectivity index (χ1) is 22.1. The Morgan fingerprint density at radius 1 is 0.652 bits per heavy atom. The third-order valence-corrected chi connectivity index (χ3v) is 7.72. The van der Waals surface area contributed by atoms with Crippen LogP contribution in [0.2, 0.25) is 0 Å². The molecule has 13 heteroatoms. The third kappa shape index (κ3) is 5.06. The summed E-state index contributed by atoms with van der Waals surface area (Å²) in [6.45, 7) is 1.48. The molecule has 234 valence electrons. The second kappa shape index (κ2) is 11.2. The molecule has 6 aromatic rings. The molecule has 1 aliphatic heterocycles. The van der Waals surface area contributed by atoms with Gasteiger partial charge in [0.1, 0.15) is 46.7 Å². The van der Waals surface area contributed by atoms with Crippen LogP contribution < -0.4 is 26.4 Å². The Balaban J connectivity index is 1.40. The molecule has 0 spiro atoms. The monoisotopic (exact) mass is 628 g/mol. The van der Waals surface area contributed by atoms with E-state index in [1.807, 2.05) is 0 Å². The molecule has 1 aliphatic rings. The number of fused-ring (bicyclic) bond motifs is 3. The van der Waals surface area contributed by atoms with Crippen molar-refractivity contribution in [3.05, 3.63) is 104 Å². The van der Waals surface area contributed by atoms with Gasteiger partial charge in [0.05, 0.1) is 17.2 Å². The van der Waals surface area contributed by atoms with E-state index in [-0.39, 0.29) is 56.3 Å². The molecule has 3 aromatic carbocycles.